The van der Waals surface area contributed by atoms with Gasteiger partial charge < -0.3 is 19.4 Å². The number of anilines is 1. The summed E-state index contributed by atoms with van der Waals surface area (Å²) in [4.78, 5) is 40.5. The van der Waals surface area contributed by atoms with Crippen LogP contribution >= 0.6 is 0 Å². The average Bonchev–Trinajstić information content (AvgIpc) is 3.11. The minimum absolute atomic E-state index is 0.0737. The molecule has 3 N–H and O–H groups in total. The van der Waals surface area contributed by atoms with E-state index >= 15 is 4.39 Å². The van der Waals surface area contributed by atoms with Gasteiger partial charge in [-0.2, -0.15) is 8.42 Å². The lowest BCUT2D eigenvalue weighted by Gasteiger charge is -2.22. The lowest BCUT2D eigenvalue weighted by Crippen LogP contribution is -2.29. The highest BCUT2D eigenvalue weighted by Crippen LogP contribution is 2.29. The third-order valence-corrected chi connectivity index (χ3v) is 7.43. The van der Waals surface area contributed by atoms with Crippen molar-refractivity contribution in [2.45, 2.75) is 19.4 Å². The number of benzene rings is 2. The van der Waals surface area contributed by atoms with Gasteiger partial charge in [-0.25, -0.2) is 18.7 Å². The van der Waals surface area contributed by atoms with E-state index in [9.17, 15) is 22.8 Å². The lowest BCUT2D eigenvalue weighted by molar-refractivity contribution is -0.120. The molecule has 4 rings (SSSR count). The fourth-order valence-corrected chi connectivity index (χ4v) is 4.82. The highest BCUT2D eigenvalue weighted by atomic mass is 32.2. The summed E-state index contributed by atoms with van der Waals surface area (Å²) in [7, 11) is 0.284. The van der Waals surface area contributed by atoms with Gasteiger partial charge in [0, 0.05) is 77.2 Å². The molecular weight excluding hydrogens is 545 g/mol. The Balaban J connectivity index is 1.79. The van der Waals surface area contributed by atoms with E-state index in [4.69, 9.17) is 9.15 Å². The summed E-state index contributed by atoms with van der Waals surface area (Å²) >= 11 is 0. The van der Waals surface area contributed by atoms with Crippen molar-refractivity contribution in [3.8, 4) is 5.75 Å². The average molecular weight is 576 g/mol. The van der Waals surface area contributed by atoms with Gasteiger partial charge in [-0.3, -0.25) is 14.4 Å². The van der Waals surface area contributed by atoms with Gasteiger partial charge >= 0.3 is 11.7 Å². The summed E-state index contributed by atoms with van der Waals surface area (Å²) in [5, 5.41) is 3.36. The molecule has 2 heterocycles. The Kier molecular flexibility index (Phi) is 8.71. The number of halogens is 1. The van der Waals surface area contributed by atoms with E-state index in [0.717, 1.165) is 0 Å². The lowest BCUT2D eigenvalue weighted by atomic mass is 9.97. The van der Waals surface area contributed by atoms with Crippen LogP contribution in [0.2, 0.25) is 0 Å². The molecule has 12 nitrogen and oxygen atoms in total. The Hall–Kier alpha value is -4.01. The predicted molar refractivity (Wildman–Crippen MR) is 146 cm³/mol. The van der Waals surface area contributed by atoms with E-state index in [-0.39, 0.29) is 53.4 Å². The van der Waals surface area contributed by atoms with Crippen LogP contribution in [0.5, 0.6) is 5.75 Å². The SMILES string of the molecule is CNS(=O)(=O)Nc1cccc(Cc2c(CN3CCNC(=O)CC3)c3ccc(OC(=O)N(C)C)cc3oc2=O)c1F. The van der Waals surface area contributed by atoms with Crippen LogP contribution in [-0.4, -0.2) is 71.0 Å². The van der Waals surface area contributed by atoms with Crippen LogP contribution in [0.1, 0.15) is 23.1 Å². The van der Waals surface area contributed by atoms with Crippen molar-refractivity contribution < 1.29 is 31.6 Å². The van der Waals surface area contributed by atoms with E-state index in [1.807, 2.05) is 4.90 Å². The predicted octanol–water partition coefficient (Wildman–Crippen LogP) is 1.78. The molecule has 0 saturated carbocycles. The van der Waals surface area contributed by atoms with Crippen LogP contribution in [0.25, 0.3) is 11.0 Å². The number of hydrogen-bond donors (Lipinski definition) is 3. The number of amides is 2. The van der Waals surface area contributed by atoms with Gasteiger partial charge in [-0.1, -0.05) is 12.1 Å². The molecule has 2 aromatic carbocycles. The quantitative estimate of drug-likeness (QED) is 0.344. The molecule has 2 amide bonds. The van der Waals surface area contributed by atoms with Crippen LogP contribution in [0.3, 0.4) is 0 Å². The second kappa shape index (κ2) is 12.0. The smallest absolute Gasteiger partial charge is 0.414 e. The van der Waals surface area contributed by atoms with Crippen molar-refractivity contribution >= 4 is 38.9 Å². The molecule has 0 unspecified atom stereocenters. The molecule has 0 aliphatic carbocycles. The zero-order valence-electron chi connectivity index (χ0n) is 22.2. The van der Waals surface area contributed by atoms with E-state index in [2.05, 4.69) is 14.8 Å². The zero-order valence-corrected chi connectivity index (χ0v) is 23.1. The maximum absolute atomic E-state index is 15.4. The highest BCUT2D eigenvalue weighted by molar-refractivity contribution is 7.90. The molecule has 1 aliphatic rings. The molecule has 40 heavy (non-hydrogen) atoms. The molecule has 0 spiro atoms. The molecule has 3 aromatic rings. The molecule has 214 valence electrons. The molecule has 1 fully saturated rings. The molecule has 0 atom stereocenters. The van der Waals surface area contributed by atoms with Gasteiger partial charge in [0.15, 0.2) is 5.82 Å². The normalized spacial score (nSPS) is 14.4. The van der Waals surface area contributed by atoms with Crippen LogP contribution in [0, 0.1) is 5.82 Å². The van der Waals surface area contributed by atoms with Gasteiger partial charge in [0.1, 0.15) is 11.3 Å². The summed E-state index contributed by atoms with van der Waals surface area (Å²) in [6.07, 6.45) is -0.511. The number of carbonyl (C=O) groups is 2. The summed E-state index contributed by atoms with van der Waals surface area (Å²) in [6.45, 7) is 1.67. The molecule has 1 saturated heterocycles. The zero-order chi connectivity index (χ0) is 29.0. The molecule has 1 aliphatic heterocycles. The van der Waals surface area contributed by atoms with Crippen LogP contribution in [0.15, 0.2) is 45.6 Å². The maximum Gasteiger partial charge on any atom is 0.414 e. The van der Waals surface area contributed by atoms with Gasteiger partial charge in [-0.05, 0) is 29.3 Å². The van der Waals surface area contributed by atoms with E-state index in [1.54, 1.807) is 12.1 Å². The number of fused-ring (bicyclic) bond motifs is 1. The number of rotatable bonds is 8. The molecular formula is C26H30FN5O7S. The monoisotopic (exact) mass is 575 g/mol. The third-order valence-electron chi connectivity index (χ3n) is 6.41. The van der Waals surface area contributed by atoms with Crippen LogP contribution in [0.4, 0.5) is 14.9 Å². The fraction of sp³-hybridized carbons (Fsp3) is 0.346. The minimum Gasteiger partial charge on any atom is -0.422 e. The Labute approximate surface area is 230 Å². The fourth-order valence-electron chi connectivity index (χ4n) is 4.28. The molecule has 0 radical (unpaired) electrons. The van der Waals surface area contributed by atoms with E-state index < -0.39 is 27.7 Å². The Morgan fingerprint density at radius 1 is 1.18 bits per heavy atom. The molecule has 1 aromatic heterocycles. The summed E-state index contributed by atoms with van der Waals surface area (Å²) in [5.74, 6) is -0.731. The molecule has 14 heteroatoms. The second-order valence-electron chi connectivity index (χ2n) is 9.41. The topological polar surface area (TPSA) is 150 Å². The van der Waals surface area contributed by atoms with Gasteiger partial charge in [0.25, 0.3) is 10.2 Å². The summed E-state index contributed by atoms with van der Waals surface area (Å²) in [6, 6.07) is 8.87. The third kappa shape index (κ3) is 6.76. The first kappa shape index (κ1) is 29.0. The van der Waals surface area contributed by atoms with Gasteiger partial charge in [0.05, 0.1) is 5.69 Å². The number of nitrogens with zero attached hydrogens (tertiary/aromatic N) is 2. The van der Waals surface area contributed by atoms with Crippen LogP contribution < -0.4 is 25.1 Å². The van der Waals surface area contributed by atoms with Crippen molar-refractivity contribution in [2.75, 3.05) is 45.5 Å². The van der Waals surface area contributed by atoms with E-state index in [1.165, 1.54) is 50.3 Å². The van der Waals surface area contributed by atoms with Crippen molar-refractivity contribution in [3.63, 3.8) is 0 Å². The second-order valence-corrected chi connectivity index (χ2v) is 11.0. The largest absolute Gasteiger partial charge is 0.422 e. The first-order valence-corrected chi connectivity index (χ1v) is 13.9. The van der Waals surface area contributed by atoms with Crippen molar-refractivity contribution in [3.05, 3.63) is 69.3 Å². The van der Waals surface area contributed by atoms with Crippen LogP contribution in [-0.2, 0) is 28.0 Å². The number of nitrogens with one attached hydrogen (secondary N) is 3. The van der Waals surface area contributed by atoms with Gasteiger partial charge in [-0.15, -0.1) is 0 Å². The summed E-state index contributed by atoms with van der Waals surface area (Å²) in [5.41, 5.74) is 0.000755. The number of hydrogen-bond acceptors (Lipinski definition) is 8. The van der Waals surface area contributed by atoms with Crippen molar-refractivity contribution in [1.82, 2.24) is 19.8 Å². The van der Waals surface area contributed by atoms with Crippen molar-refractivity contribution in [2.24, 2.45) is 0 Å². The molecule has 0 bridgehead atoms. The maximum atomic E-state index is 15.4. The first-order valence-electron chi connectivity index (χ1n) is 12.4. The van der Waals surface area contributed by atoms with E-state index in [0.29, 0.717) is 30.6 Å². The summed E-state index contributed by atoms with van der Waals surface area (Å²) < 4.78 is 54.3. The van der Waals surface area contributed by atoms with Gasteiger partial charge in [0.2, 0.25) is 5.91 Å². The Bertz CT molecular complexity index is 1610. The van der Waals surface area contributed by atoms with Crippen molar-refractivity contribution in [1.29, 1.82) is 0 Å². The Morgan fingerprint density at radius 2 is 1.95 bits per heavy atom. The number of carbonyl (C=O) groups excluding carboxylic acids is 2. The standard InChI is InChI=1S/C26H30FN5O7S/c1-28-40(36,37)30-21-6-4-5-16(24(21)27)13-19-20(15-32-11-9-23(33)29-10-12-32)18-8-7-17(38-26(35)31(2)3)14-22(18)39-25(19)34/h4-8,14,28,30H,9-13,15H2,1-3H3,(H,29,33). The highest BCUT2D eigenvalue weighted by Gasteiger charge is 2.23. The first-order chi connectivity index (χ1) is 19.0. The minimum atomic E-state index is -3.97. The Morgan fingerprint density at radius 3 is 2.67 bits per heavy atom. The number of ether oxygens (including phenoxy) is 1.